The monoisotopic (exact) mass is 241 g/mol. The number of rotatable bonds is 4. The fourth-order valence-corrected chi connectivity index (χ4v) is 1.79. The second kappa shape index (κ2) is 5.40. The average molecular weight is 242 g/mol. The Morgan fingerprint density at radius 2 is 2.00 bits per heavy atom. The van der Waals surface area contributed by atoms with Crippen LogP contribution in [-0.4, -0.2) is 18.5 Å². The van der Waals surface area contributed by atoms with Crippen LogP contribution in [0.2, 0.25) is 0 Å². The average Bonchev–Trinajstić information content (AvgIpc) is 2.09. The molecule has 1 aromatic carbocycles. The predicted octanol–water partition coefficient (Wildman–Crippen LogP) is 3.29. The van der Waals surface area contributed by atoms with E-state index in [0.717, 1.165) is 13.1 Å². The molecular formula is C11H16BrN. The lowest BCUT2D eigenvalue weighted by Gasteiger charge is -2.16. The number of benzene rings is 1. The second-order valence-electron chi connectivity index (χ2n) is 3.33. The van der Waals surface area contributed by atoms with Gasteiger partial charge in [-0.1, -0.05) is 41.1 Å². The van der Waals surface area contributed by atoms with Crippen LogP contribution in [0.5, 0.6) is 0 Å². The van der Waals surface area contributed by atoms with Crippen molar-refractivity contribution in [3.8, 4) is 0 Å². The highest BCUT2D eigenvalue weighted by molar-refractivity contribution is 9.10. The van der Waals surface area contributed by atoms with Crippen LogP contribution in [0.4, 0.5) is 0 Å². The molecule has 0 saturated carbocycles. The Kier molecular flexibility index (Phi) is 4.46. The van der Waals surface area contributed by atoms with E-state index >= 15 is 0 Å². The molecule has 0 N–H and O–H groups in total. The van der Waals surface area contributed by atoms with Crippen molar-refractivity contribution in [1.82, 2.24) is 4.90 Å². The minimum Gasteiger partial charge on any atom is -0.302 e. The molecule has 2 heteroatoms. The van der Waals surface area contributed by atoms with Crippen LogP contribution in [-0.2, 0) is 6.54 Å². The molecule has 0 radical (unpaired) electrons. The highest BCUT2D eigenvalue weighted by Crippen LogP contribution is 2.17. The lowest BCUT2D eigenvalue weighted by Crippen LogP contribution is -2.18. The molecule has 0 aromatic heterocycles. The maximum atomic E-state index is 3.55. The summed E-state index contributed by atoms with van der Waals surface area (Å²) in [6.45, 7) is 4.38. The molecule has 72 valence electrons. The van der Waals surface area contributed by atoms with Crippen molar-refractivity contribution in [2.45, 2.75) is 19.9 Å². The Balaban J connectivity index is 2.58. The Bertz CT molecular complexity index is 260. The zero-order valence-electron chi connectivity index (χ0n) is 8.26. The summed E-state index contributed by atoms with van der Waals surface area (Å²) >= 11 is 3.55. The summed E-state index contributed by atoms with van der Waals surface area (Å²) in [6.07, 6.45) is 1.21. The maximum absolute atomic E-state index is 3.55. The molecule has 0 spiro atoms. The van der Waals surface area contributed by atoms with Gasteiger partial charge in [-0.2, -0.15) is 0 Å². The van der Waals surface area contributed by atoms with Crippen molar-refractivity contribution in [3.05, 3.63) is 34.3 Å². The fourth-order valence-electron chi connectivity index (χ4n) is 1.38. The third-order valence-electron chi connectivity index (χ3n) is 2.00. The minimum absolute atomic E-state index is 1.02. The van der Waals surface area contributed by atoms with Gasteiger partial charge in [0.15, 0.2) is 0 Å². The van der Waals surface area contributed by atoms with Crippen molar-refractivity contribution in [2.75, 3.05) is 13.6 Å². The first-order valence-corrected chi connectivity index (χ1v) is 5.45. The van der Waals surface area contributed by atoms with Gasteiger partial charge in [0.05, 0.1) is 0 Å². The standard InChI is InChI=1S/C11H16BrN/c1-3-8-13(2)9-10-6-4-5-7-11(10)12/h4-7H,3,8-9H2,1-2H3. The van der Waals surface area contributed by atoms with Crippen LogP contribution < -0.4 is 0 Å². The molecule has 1 aromatic rings. The van der Waals surface area contributed by atoms with Crippen molar-refractivity contribution < 1.29 is 0 Å². The first kappa shape index (κ1) is 10.7. The number of nitrogens with zero attached hydrogens (tertiary/aromatic N) is 1. The molecule has 13 heavy (non-hydrogen) atoms. The third kappa shape index (κ3) is 3.49. The van der Waals surface area contributed by atoms with E-state index in [0.29, 0.717) is 0 Å². The van der Waals surface area contributed by atoms with Crippen molar-refractivity contribution in [3.63, 3.8) is 0 Å². The lowest BCUT2D eigenvalue weighted by atomic mass is 10.2. The van der Waals surface area contributed by atoms with Gasteiger partial charge in [-0.05, 0) is 31.6 Å². The fraction of sp³-hybridized carbons (Fsp3) is 0.455. The second-order valence-corrected chi connectivity index (χ2v) is 4.18. The van der Waals surface area contributed by atoms with E-state index in [-0.39, 0.29) is 0 Å². The Hall–Kier alpha value is -0.340. The Labute approximate surface area is 88.9 Å². The molecule has 0 heterocycles. The van der Waals surface area contributed by atoms with Gasteiger partial charge in [-0.15, -0.1) is 0 Å². The van der Waals surface area contributed by atoms with Crippen LogP contribution in [0, 0.1) is 0 Å². The van der Waals surface area contributed by atoms with Crippen molar-refractivity contribution in [1.29, 1.82) is 0 Å². The largest absolute Gasteiger partial charge is 0.302 e. The van der Waals surface area contributed by atoms with E-state index < -0.39 is 0 Å². The molecule has 0 bridgehead atoms. The van der Waals surface area contributed by atoms with E-state index in [2.05, 4.69) is 53.0 Å². The highest BCUT2D eigenvalue weighted by atomic mass is 79.9. The third-order valence-corrected chi connectivity index (χ3v) is 2.78. The Morgan fingerprint density at radius 1 is 1.31 bits per heavy atom. The van der Waals surface area contributed by atoms with E-state index in [1.165, 1.54) is 16.5 Å². The molecule has 1 rings (SSSR count). The van der Waals surface area contributed by atoms with Crippen LogP contribution in [0.25, 0.3) is 0 Å². The van der Waals surface area contributed by atoms with Crippen molar-refractivity contribution >= 4 is 15.9 Å². The van der Waals surface area contributed by atoms with Gasteiger partial charge in [-0.25, -0.2) is 0 Å². The molecule has 0 aliphatic rings. The summed E-state index contributed by atoms with van der Waals surface area (Å²) in [6, 6.07) is 8.39. The number of halogens is 1. The molecule has 0 aliphatic heterocycles. The molecule has 0 saturated heterocycles. The van der Waals surface area contributed by atoms with Crippen LogP contribution in [0.1, 0.15) is 18.9 Å². The van der Waals surface area contributed by atoms with Gasteiger partial charge >= 0.3 is 0 Å². The molecule has 0 aliphatic carbocycles. The number of hydrogen-bond acceptors (Lipinski definition) is 1. The van der Waals surface area contributed by atoms with Gasteiger partial charge < -0.3 is 4.90 Å². The molecule has 0 amide bonds. The summed E-state index contributed by atoms with van der Waals surface area (Å²) in [5, 5.41) is 0. The summed E-state index contributed by atoms with van der Waals surface area (Å²) in [5.41, 5.74) is 1.36. The maximum Gasteiger partial charge on any atom is 0.0241 e. The molecule has 1 nitrogen and oxygen atoms in total. The predicted molar refractivity (Wildman–Crippen MR) is 60.8 cm³/mol. The van der Waals surface area contributed by atoms with Gasteiger partial charge in [-0.3, -0.25) is 0 Å². The zero-order chi connectivity index (χ0) is 9.68. The van der Waals surface area contributed by atoms with E-state index in [4.69, 9.17) is 0 Å². The molecule has 0 atom stereocenters. The summed E-state index contributed by atoms with van der Waals surface area (Å²) in [5.74, 6) is 0. The number of hydrogen-bond donors (Lipinski definition) is 0. The first-order valence-electron chi connectivity index (χ1n) is 4.66. The first-order chi connectivity index (χ1) is 6.24. The van der Waals surface area contributed by atoms with E-state index in [1.807, 2.05) is 6.07 Å². The topological polar surface area (TPSA) is 3.24 Å². The summed E-state index contributed by atoms with van der Waals surface area (Å²) in [4.78, 5) is 2.33. The lowest BCUT2D eigenvalue weighted by molar-refractivity contribution is 0.327. The van der Waals surface area contributed by atoms with E-state index in [1.54, 1.807) is 0 Å². The van der Waals surface area contributed by atoms with Gasteiger partial charge in [0.25, 0.3) is 0 Å². The molecule has 0 fully saturated rings. The van der Waals surface area contributed by atoms with Gasteiger partial charge in [0, 0.05) is 11.0 Å². The summed E-state index contributed by atoms with van der Waals surface area (Å²) in [7, 11) is 2.16. The Morgan fingerprint density at radius 3 is 2.62 bits per heavy atom. The van der Waals surface area contributed by atoms with Crippen LogP contribution in [0.3, 0.4) is 0 Å². The normalized spacial score (nSPS) is 10.8. The molecule has 0 unspecified atom stereocenters. The van der Waals surface area contributed by atoms with Crippen LogP contribution >= 0.6 is 15.9 Å². The molecular weight excluding hydrogens is 226 g/mol. The van der Waals surface area contributed by atoms with Gasteiger partial charge in [0.2, 0.25) is 0 Å². The SMILES string of the molecule is CCCN(C)Cc1ccccc1Br. The smallest absolute Gasteiger partial charge is 0.0241 e. The van der Waals surface area contributed by atoms with Gasteiger partial charge in [0.1, 0.15) is 0 Å². The van der Waals surface area contributed by atoms with Crippen LogP contribution in [0.15, 0.2) is 28.7 Å². The quantitative estimate of drug-likeness (QED) is 0.783. The minimum atomic E-state index is 1.02. The zero-order valence-corrected chi connectivity index (χ0v) is 9.84. The summed E-state index contributed by atoms with van der Waals surface area (Å²) < 4.78 is 1.21. The van der Waals surface area contributed by atoms with Crippen molar-refractivity contribution in [2.24, 2.45) is 0 Å². The highest BCUT2D eigenvalue weighted by Gasteiger charge is 2.01. The van der Waals surface area contributed by atoms with E-state index in [9.17, 15) is 0 Å².